The highest BCUT2D eigenvalue weighted by atomic mass is 32.1. The zero-order chi connectivity index (χ0) is 17.8. The molecule has 0 atom stereocenters. The number of thiophene rings is 1. The molecule has 0 bridgehead atoms. The van der Waals surface area contributed by atoms with E-state index in [9.17, 15) is 14.4 Å². The van der Waals surface area contributed by atoms with Crippen molar-refractivity contribution >= 4 is 55.6 Å². The van der Waals surface area contributed by atoms with Crippen molar-refractivity contribution in [2.45, 2.75) is 6.92 Å². The van der Waals surface area contributed by atoms with E-state index in [2.05, 4.69) is 21.2 Å². The zero-order valence-electron chi connectivity index (χ0n) is 13.2. The SMILES string of the molecule is CC(=O)c1ccc(C(=O)NNC(=O)CNc2nc3ccccc3s2)s1. The van der Waals surface area contributed by atoms with Gasteiger partial charge in [-0.3, -0.25) is 25.2 Å². The van der Waals surface area contributed by atoms with E-state index < -0.39 is 11.8 Å². The van der Waals surface area contributed by atoms with Gasteiger partial charge in [-0.15, -0.1) is 11.3 Å². The molecular weight excluding hydrogens is 360 g/mol. The maximum Gasteiger partial charge on any atom is 0.279 e. The number of hydrogen-bond acceptors (Lipinski definition) is 7. The number of carbonyl (C=O) groups is 3. The summed E-state index contributed by atoms with van der Waals surface area (Å²) in [5.41, 5.74) is 5.50. The second kappa shape index (κ2) is 7.41. The Hall–Kier alpha value is -2.78. The molecular formula is C16H14N4O3S2. The predicted octanol–water partition coefficient (Wildman–Crippen LogP) is 2.43. The fraction of sp³-hybridized carbons (Fsp3) is 0.125. The average Bonchev–Trinajstić information content (AvgIpc) is 3.24. The summed E-state index contributed by atoms with van der Waals surface area (Å²) >= 11 is 2.52. The van der Waals surface area contributed by atoms with Crippen molar-refractivity contribution in [3.8, 4) is 0 Å². The van der Waals surface area contributed by atoms with Gasteiger partial charge in [-0.2, -0.15) is 0 Å². The molecule has 0 saturated carbocycles. The molecule has 0 unspecified atom stereocenters. The Kier molecular flexibility index (Phi) is 5.05. The molecule has 2 aromatic heterocycles. The maximum absolute atomic E-state index is 11.9. The normalized spacial score (nSPS) is 10.4. The molecule has 2 heterocycles. The van der Waals surface area contributed by atoms with E-state index >= 15 is 0 Å². The monoisotopic (exact) mass is 374 g/mol. The number of nitrogens with one attached hydrogen (secondary N) is 3. The van der Waals surface area contributed by atoms with Gasteiger partial charge >= 0.3 is 0 Å². The van der Waals surface area contributed by atoms with Gasteiger partial charge < -0.3 is 5.32 Å². The van der Waals surface area contributed by atoms with Crippen LogP contribution in [0.2, 0.25) is 0 Å². The van der Waals surface area contributed by atoms with Gasteiger partial charge in [0, 0.05) is 0 Å². The number of aromatic nitrogens is 1. The molecule has 0 saturated heterocycles. The molecule has 0 fully saturated rings. The molecule has 0 aliphatic carbocycles. The summed E-state index contributed by atoms with van der Waals surface area (Å²) in [4.78, 5) is 40.2. The minimum atomic E-state index is -0.467. The van der Waals surface area contributed by atoms with E-state index in [-0.39, 0.29) is 12.3 Å². The number of rotatable bonds is 5. The maximum atomic E-state index is 11.9. The van der Waals surface area contributed by atoms with Gasteiger partial charge in [0.25, 0.3) is 11.8 Å². The van der Waals surface area contributed by atoms with Crippen molar-refractivity contribution in [1.82, 2.24) is 15.8 Å². The minimum absolute atomic E-state index is 0.0246. The Morgan fingerprint density at radius 1 is 1.00 bits per heavy atom. The average molecular weight is 374 g/mol. The number of nitrogens with zero attached hydrogens (tertiary/aromatic N) is 1. The molecule has 9 heteroatoms. The lowest BCUT2D eigenvalue weighted by atomic mass is 10.3. The van der Waals surface area contributed by atoms with Gasteiger partial charge in [0.05, 0.1) is 26.5 Å². The van der Waals surface area contributed by atoms with E-state index in [0.717, 1.165) is 21.6 Å². The summed E-state index contributed by atoms with van der Waals surface area (Å²) in [7, 11) is 0. The molecule has 0 spiro atoms. The first kappa shape index (κ1) is 17.1. The van der Waals surface area contributed by atoms with Crippen LogP contribution in [0.15, 0.2) is 36.4 Å². The molecule has 3 rings (SSSR count). The summed E-state index contributed by atoms with van der Waals surface area (Å²) in [5.74, 6) is -0.977. The first-order valence-corrected chi connectivity index (χ1v) is 8.95. The highest BCUT2D eigenvalue weighted by Gasteiger charge is 2.12. The van der Waals surface area contributed by atoms with Crippen LogP contribution in [-0.4, -0.2) is 29.1 Å². The summed E-state index contributed by atoms with van der Waals surface area (Å²) < 4.78 is 1.03. The highest BCUT2D eigenvalue weighted by Crippen LogP contribution is 2.24. The number of Topliss-reactive ketones (excluding diaryl/α,β-unsaturated/α-hetero) is 1. The van der Waals surface area contributed by atoms with Crippen molar-refractivity contribution in [3.05, 3.63) is 46.2 Å². The molecule has 0 aliphatic heterocycles. The number of amides is 2. The van der Waals surface area contributed by atoms with Gasteiger partial charge in [-0.25, -0.2) is 4.98 Å². The largest absolute Gasteiger partial charge is 0.352 e. The van der Waals surface area contributed by atoms with Crippen LogP contribution in [0, 0.1) is 0 Å². The van der Waals surface area contributed by atoms with Gasteiger partial charge in [-0.05, 0) is 31.2 Å². The predicted molar refractivity (Wildman–Crippen MR) is 98.0 cm³/mol. The number of anilines is 1. The quantitative estimate of drug-likeness (QED) is 0.470. The number of carbonyl (C=O) groups excluding carboxylic acids is 3. The lowest BCUT2D eigenvalue weighted by molar-refractivity contribution is -0.120. The smallest absolute Gasteiger partial charge is 0.279 e. The highest BCUT2D eigenvalue weighted by molar-refractivity contribution is 7.22. The molecule has 128 valence electrons. The Bertz CT molecular complexity index is 915. The first-order chi connectivity index (χ1) is 12.0. The van der Waals surface area contributed by atoms with Gasteiger partial charge in [-0.1, -0.05) is 23.5 Å². The molecule has 0 aliphatic rings. The van der Waals surface area contributed by atoms with Crippen molar-refractivity contribution in [2.75, 3.05) is 11.9 Å². The lowest BCUT2D eigenvalue weighted by Gasteiger charge is -2.06. The number of hydrazine groups is 1. The third-order valence-electron chi connectivity index (χ3n) is 3.19. The van der Waals surface area contributed by atoms with E-state index in [1.165, 1.54) is 18.3 Å². The fourth-order valence-electron chi connectivity index (χ4n) is 1.99. The summed E-state index contributed by atoms with van der Waals surface area (Å²) in [5, 5.41) is 3.55. The Morgan fingerprint density at radius 3 is 2.48 bits per heavy atom. The van der Waals surface area contributed by atoms with E-state index in [0.29, 0.717) is 14.9 Å². The van der Waals surface area contributed by atoms with Crippen LogP contribution < -0.4 is 16.2 Å². The first-order valence-electron chi connectivity index (χ1n) is 7.32. The number of para-hydroxylation sites is 1. The standard InChI is InChI=1S/C16H14N4O3S2/c1-9(21)11-6-7-13(24-11)15(23)20-19-14(22)8-17-16-18-10-4-2-3-5-12(10)25-16/h2-7H,8H2,1H3,(H,17,18)(H,19,22)(H,20,23). The number of hydrogen-bond donors (Lipinski definition) is 3. The van der Waals surface area contributed by atoms with Gasteiger partial charge in [0.15, 0.2) is 10.9 Å². The second-order valence-electron chi connectivity index (χ2n) is 5.06. The zero-order valence-corrected chi connectivity index (χ0v) is 14.8. The van der Waals surface area contributed by atoms with Crippen LogP contribution in [0.5, 0.6) is 0 Å². The van der Waals surface area contributed by atoms with E-state index in [1.54, 1.807) is 12.1 Å². The Labute approximate surface area is 151 Å². The van der Waals surface area contributed by atoms with E-state index in [1.807, 2.05) is 24.3 Å². The van der Waals surface area contributed by atoms with Crippen LogP contribution in [0.1, 0.15) is 26.3 Å². The van der Waals surface area contributed by atoms with Crippen molar-refractivity contribution in [2.24, 2.45) is 0 Å². The topological polar surface area (TPSA) is 100 Å². The number of thiazole rings is 1. The number of fused-ring (bicyclic) bond motifs is 1. The summed E-state index contributed by atoms with van der Waals surface area (Å²) in [6, 6.07) is 10.8. The third kappa shape index (κ3) is 4.20. The Balaban J connectivity index is 1.48. The minimum Gasteiger partial charge on any atom is -0.352 e. The lowest BCUT2D eigenvalue weighted by Crippen LogP contribution is -2.43. The van der Waals surface area contributed by atoms with Crippen molar-refractivity contribution in [3.63, 3.8) is 0 Å². The molecule has 7 nitrogen and oxygen atoms in total. The molecule has 3 N–H and O–H groups in total. The van der Waals surface area contributed by atoms with E-state index in [4.69, 9.17) is 0 Å². The summed E-state index contributed by atoms with van der Waals surface area (Å²) in [6.45, 7) is 1.41. The fourth-order valence-corrected chi connectivity index (χ4v) is 3.64. The number of benzene rings is 1. The summed E-state index contributed by atoms with van der Waals surface area (Å²) in [6.07, 6.45) is 0. The van der Waals surface area contributed by atoms with Crippen LogP contribution in [0.25, 0.3) is 10.2 Å². The van der Waals surface area contributed by atoms with Gasteiger partial charge in [0.2, 0.25) is 0 Å². The van der Waals surface area contributed by atoms with Gasteiger partial charge in [0.1, 0.15) is 0 Å². The van der Waals surface area contributed by atoms with Crippen LogP contribution in [0.4, 0.5) is 5.13 Å². The Morgan fingerprint density at radius 2 is 1.76 bits per heavy atom. The van der Waals surface area contributed by atoms with Crippen LogP contribution in [-0.2, 0) is 4.79 Å². The van der Waals surface area contributed by atoms with Crippen molar-refractivity contribution in [1.29, 1.82) is 0 Å². The molecule has 2 amide bonds. The van der Waals surface area contributed by atoms with Crippen molar-refractivity contribution < 1.29 is 14.4 Å². The van der Waals surface area contributed by atoms with Crippen LogP contribution in [0.3, 0.4) is 0 Å². The third-order valence-corrected chi connectivity index (χ3v) is 5.37. The molecule has 3 aromatic rings. The van der Waals surface area contributed by atoms with Crippen LogP contribution >= 0.6 is 22.7 Å². The number of ketones is 1. The molecule has 0 radical (unpaired) electrons. The molecule has 1 aromatic carbocycles. The molecule has 25 heavy (non-hydrogen) atoms. The second-order valence-corrected chi connectivity index (χ2v) is 7.18.